The minimum Gasteiger partial charge on any atom is -0.484 e. The van der Waals surface area contributed by atoms with Crippen molar-refractivity contribution in [1.82, 2.24) is 0 Å². The normalized spacial score (nSPS) is 10.2. The summed E-state index contributed by atoms with van der Waals surface area (Å²) >= 11 is 5.63. The molecule has 0 aliphatic rings. The molecule has 2 aromatic carbocycles. The fourth-order valence-corrected chi connectivity index (χ4v) is 1.90. The lowest BCUT2D eigenvalue weighted by atomic mass is 10.2. The molecule has 110 valence electrons. The van der Waals surface area contributed by atoms with E-state index in [9.17, 15) is 9.18 Å². The molecule has 3 N–H and O–H groups in total. The van der Waals surface area contributed by atoms with Gasteiger partial charge in [-0.2, -0.15) is 0 Å². The topological polar surface area (TPSA) is 64.3 Å². The highest BCUT2D eigenvalue weighted by molar-refractivity contribution is 6.30. The lowest BCUT2D eigenvalue weighted by Gasteiger charge is -2.10. The highest BCUT2D eigenvalue weighted by Gasteiger charge is 2.07. The number of hydrogen-bond acceptors (Lipinski definition) is 3. The second-order valence-electron chi connectivity index (χ2n) is 4.49. The molecule has 0 fully saturated rings. The fraction of sp³-hybridized carbons (Fsp3) is 0.133. The van der Waals surface area contributed by atoms with Crippen LogP contribution < -0.4 is 15.8 Å². The van der Waals surface area contributed by atoms with Crippen LogP contribution >= 0.6 is 11.6 Å². The Labute approximate surface area is 126 Å². The van der Waals surface area contributed by atoms with E-state index in [-0.39, 0.29) is 17.5 Å². The van der Waals surface area contributed by atoms with E-state index in [0.29, 0.717) is 17.1 Å². The van der Waals surface area contributed by atoms with Gasteiger partial charge < -0.3 is 15.8 Å². The molecule has 2 aromatic rings. The number of carbonyl (C=O) groups is 1. The van der Waals surface area contributed by atoms with Crippen molar-refractivity contribution in [2.24, 2.45) is 0 Å². The van der Waals surface area contributed by atoms with E-state index in [2.05, 4.69) is 5.32 Å². The molecule has 2 rings (SSSR count). The monoisotopic (exact) mass is 308 g/mol. The number of ether oxygens (including phenoxy) is 1. The van der Waals surface area contributed by atoms with Crippen LogP contribution in [0.3, 0.4) is 0 Å². The summed E-state index contributed by atoms with van der Waals surface area (Å²) in [5, 5.41) is 2.65. The number of carbonyl (C=O) groups excluding carboxylic acids is 1. The lowest BCUT2D eigenvalue weighted by Crippen LogP contribution is -2.20. The SMILES string of the molecule is Cc1cc(N)ccc1NC(=O)COc1ccc(F)c(Cl)c1. The van der Waals surface area contributed by atoms with Gasteiger partial charge >= 0.3 is 0 Å². The molecule has 0 saturated heterocycles. The molecule has 1 amide bonds. The van der Waals surface area contributed by atoms with Gasteiger partial charge in [0.1, 0.15) is 11.6 Å². The van der Waals surface area contributed by atoms with Gasteiger partial charge in [-0.05, 0) is 42.8 Å². The number of aryl methyl sites for hydroxylation is 1. The van der Waals surface area contributed by atoms with Gasteiger partial charge in [0.2, 0.25) is 0 Å². The number of anilines is 2. The smallest absolute Gasteiger partial charge is 0.262 e. The van der Waals surface area contributed by atoms with E-state index in [4.69, 9.17) is 22.1 Å². The number of nitrogens with two attached hydrogens (primary N) is 1. The molecule has 0 saturated carbocycles. The van der Waals surface area contributed by atoms with Crippen molar-refractivity contribution >= 4 is 28.9 Å². The highest BCUT2D eigenvalue weighted by atomic mass is 35.5. The average molecular weight is 309 g/mol. The number of halogens is 2. The van der Waals surface area contributed by atoms with Crippen LogP contribution in [0.5, 0.6) is 5.75 Å². The quantitative estimate of drug-likeness (QED) is 0.851. The zero-order chi connectivity index (χ0) is 15.4. The third-order valence-electron chi connectivity index (χ3n) is 2.79. The van der Waals surface area contributed by atoms with Gasteiger partial charge in [0.15, 0.2) is 6.61 Å². The Hall–Kier alpha value is -2.27. The highest BCUT2D eigenvalue weighted by Crippen LogP contribution is 2.21. The van der Waals surface area contributed by atoms with Crippen LogP contribution in [-0.2, 0) is 4.79 Å². The summed E-state index contributed by atoms with van der Waals surface area (Å²) in [6.07, 6.45) is 0. The van der Waals surface area contributed by atoms with E-state index in [1.165, 1.54) is 18.2 Å². The van der Waals surface area contributed by atoms with Crippen LogP contribution in [0, 0.1) is 12.7 Å². The number of hydrogen-bond donors (Lipinski definition) is 2. The molecular weight excluding hydrogens is 295 g/mol. The first-order chi connectivity index (χ1) is 9.95. The van der Waals surface area contributed by atoms with Crippen molar-refractivity contribution in [1.29, 1.82) is 0 Å². The predicted octanol–water partition coefficient (Wildman–Crippen LogP) is 3.39. The van der Waals surface area contributed by atoms with E-state index >= 15 is 0 Å². The maximum absolute atomic E-state index is 13.0. The maximum Gasteiger partial charge on any atom is 0.262 e. The Morgan fingerprint density at radius 2 is 2.10 bits per heavy atom. The predicted molar refractivity (Wildman–Crippen MR) is 81.1 cm³/mol. The Bertz CT molecular complexity index is 677. The summed E-state index contributed by atoms with van der Waals surface area (Å²) in [7, 11) is 0. The average Bonchev–Trinajstić information content (AvgIpc) is 2.43. The molecule has 0 aromatic heterocycles. The van der Waals surface area contributed by atoms with Crippen LogP contribution in [0.15, 0.2) is 36.4 Å². The summed E-state index contributed by atoms with van der Waals surface area (Å²) in [6, 6.07) is 9.08. The zero-order valence-electron chi connectivity index (χ0n) is 11.3. The van der Waals surface area contributed by atoms with E-state index in [0.717, 1.165) is 5.56 Å². The maximum atomic E-state index is 13.0. The standard InChI is InChI=1S/C15H14ClFN2O2/c1-9-6-10(18)2-5-14(9)19-15(20)8-21-11-3-4-13(17)12(16)7-11/h2-7H,8,18H2,1H3,(H,19,20). The van der Waals surface area contributed by atoms with Crippen molar-refractivity contribution < 1.29 is 13.9 Å². The molecular formula is C15H14ClFN2O2. The lowest BCUT2D eigenvalue weighted by molar-refractivity contribution is -0.118. The van der Waals surface area contributed by atoms with Crippen LogP contribution in [0.2, 0.25) is 5.02 Å². The second-order valence-corrected chi connectivity index (χ2v) is 4.89. The number of nitrogen functional groups attached to an aromatic ring is 1. The van der Waals surface area contributed by atoms with Crippen molar-refractivity contribution in [3.63, 3.8) is 0 Å². The molecule has 0 radical (unpaired) electrons. The van der Waals surface area contributed by atoms with E-state index in [1.807, 2.05) is 6.92 Å². The van der Waals surface area contributed by atoms with Crippen molar-refractivity contribution in [2.45, 2.75) is 6.92 Å². The third kappa shape index (κ3) is 4.10. The summed E-state index contributed by atoms with van der Waals surface area (Å²) in [4.78, 5) is 11.8. The number of nitrogens with one attached hydrogen (secondary N) is 1. The third-order valence-corrected chi connectivity index (χ3v) is 3.08. The molecule has 0 heterocycles. The molecule has 0 aliphatic carbocycles. The zero-order valence-corrected chi connectivity index (χ0v) is 12.1. The second kappa shape index (κ2) is 6.45. The Morgan fingerprint density at radius 1 is 1.33 bits per heavy atom. The molecule has 0 aliphatic heterocycles. The minimum absolute atomic E-state index is 0.0534. The van der Waals surface area contributed by atoms with E-state index in [1.54, 1.807) is 18.2 Å². The van der Waals surface area contributed by atoms with Gasteiger partial charge in [-0.3, -0.25) is 4.79 Å². The van der Waals surface area contributed by atoms with Gasteiger partial charge in [0, 0.05) is 17.4 Å². The summed E-state index contributed by atoms with van der Waals surface area (Å²) in [5.41, 5.74) is 7.78. The van der Waals surface area contributed by atoms with Gasteiger partial charge in [-0.25, -0.2) is 4.39 Å². The fourth-order valence-electron chi connectivity index (χ4n) is 1.73. The summed E-state index contributed by atoms with van der Waals surface area (Å²) in [5.74, 6) is -0.542. The first-order valence-corrected chi connectivity index (χ1v) is 6.57. The van der Waals surface area contributed by atoms with Crippen LogP contribution in [0.25, 0.3) is 0 Å². The minimum atomic E-state index is -0.536. The Morgan fingerprint density at radius 3 is 2.76 bits per heavy atom. The van der Waals surface area contributed by atoms with Crippen LogP contribution in [0.1, 0.15) is 5.56 Å². The van der Waals surface area contributed by atoms with Gasteiger partial charge in [0.05, 0.1) is 5.02 Å². The largest absolute Gasteiger partial charge is 0.484 e. The van der Waals surface area contributed by atoms with Crippen molar-refractivity contribution in [3.05, 3.63) is 52.8 Å². The van der Waals surface area contributed by atoms with Gasteiger partial charge in [-0.15, -0.1) is 0 Å². The molecule has 0 unspecified atom stereocenters. The summed E-state index contributed by atoms with van der Waals surface area (Å²) < 4.78 is 18.2. The molecule has 6 heteroatoms. The molecule has 0 atom stereocenters. The van der Waals surface area contributed by atoms with Crippen molar-refractivity contribution in [2.75, 3.05) is 17.7 Å². The van der Waals surface area contributed by atoms with Gasteiger partial charge in [-0.1, -0.05) is 11.6 Å². The molecule has 0 bridgehead atoms. The van der Waals surface area contributed by atoms with Crippen LogP contribution in [-0.4, -0.2) is 12.5 Å². The van der Waals surface area contributed by atoms with Gasteiger partial charge in [0.25, 0.3) is 5.91 Å². The first-order valence-electron chi connectivity index (χ1n) is 6.19. The number of benzene rings is 2. The Kier molecular flexibility index (Phi) is 4.65. The van der Waals surface area contributed by atoms with Crippen LogP contribution in [0.4, 0.5) is 15.8 Å². The number of amides is 1. The number of rotatable bonds is 4. The molecule has 0 spiro atoms. The van der Waals surface area contributed by atoms with Crippen molar-refractivity contribution in [3.8, 4) is 5.75 Å². The Balaban J connectivity index is 1.94. The molecule has 4 nitrogen and oxygen atoms in total. The summed E-state index contributed by atoms with van der Waals surface area (Å²) in [6.45, 7) is 1.64. The first kappa shape index (κ1) is 15.1. The molecule has 21 heavy (non-hydrogen) atoms. The van der Waals surface area contributed by atoms with E-state index < -0.39 is 5.82 Å².